The first kappa shape index (κ1) is 17.8. The quantitative estimate of drug-likeness (QED) is 0.810. The second kappa shape index (κ2) is 7.89. The molecule has 132 valence electrons. The van der Waals surface area contributed by atoms with Gasteiger partial charge in [-0.3, -0.25) is 9.59 Å². The largest absolute Gasteiger partial charge is 0.506 e. The SMILES string of the molecule is O=C(CCC(=O)N1CCN(c2ccccc2O)CC1)c1ccc(Cl)s1. The summed E-state index contributed by atoms with van der Waals surface area (Å²) in [7, 11) is 0. The normalized spacial score (nSPS) is 14.6. The third-order valence-electron chi connectivity index (χ3n) is 4.27. The number of anilines is 1. The second-order valence-corrected chi connectivity index (χ2v) is 7.60. The average molecular weight is 379 g/mol. The van der Waals surface area contributed by atoms with Crippen LogP contribution in [-0.2, 0) is 4.79 Å². The summed E-state index contributed by atoms with van der Waals surface area (Å²) < 4.78 is 0.579. The van der Waals surface area contributed by atoms with Gasteiger partial charge in [-0.05, 0) is 24.3 Å². The number of Topliss-reactive ketones (excluding diaryl/α,β-unsaturated/α-hetero) is 1. The van der Waals surface area contributed by atoms with E-state index in [1.54, 1.807) is 29.2 Å². The fourth-order valence-corrected chi connectivity index (χ4v) is 3.90. The van der Waals surface area contributed by atoms with Gasteiger partial charge in [0.15, 0.2) is 5.78 Å². The molecule has 0 saturated carbocycles. The molecule has 2 aromatic rings. The number of hydrogen-bond acceptors (Lipinski definition) is 5. The van der Waals surface area contributed by atoms with Crippen molar-refractivity contribution in [1.29, 1.82) is 0 Å². The highest BCUT2D eigenvalue weighted by atomic mass is 35.5. The van der Waals surface area contributed by atoms with Gasteiger partial charge in [-0.1, -0.05) is 23.7 Å². The predicted molar refractivity (Wildman–Crippen MR) is 99.8 cm³/mol. The van der Waals surface area contributed by atoms with Gasteiger partial charge < -0.3 is 14.9 Å². The van der Waals surface area contributed by atoms with E-state index in [0.29, 0.717) is 35.4 Å². The lowest BCUT2D eigenvalue weighted by atomic mass is 10.1. The molecule has 0 spiro atoms. The van der Waals surface area contributed by atoms with Crippen molar-refractivity contribution in [2.75, 3.05) is 31.1 Å². The first-order chi connectivity index (χ1) is 12.0. The highest BCUT2D eigenvalue weighted by molar-refractivity contribution is 7.18. The number of carbonyl (C=O) groups excluding carboxylic acids is 2. The van der Waals surface area contributed by atoms with E-state index in [1.807, 2.05) is 12.1 Å². The zero-order valence-corrected chi connectivity index (χ0v) is 15.2. The molecule has 0 atom stereocenters. The van der Waals surface area contributed by atoms with Crippen molar-refractivity contribution in [2.24, 2.45) is 0 Å². The monoisotopic (exact) mass is 378 g/mol. The summed E-state index contributed by atoms with van der Waals surface area (Å²) in [4.78, 5) is 28.8. The summed E-state index contributed by atoms with van der Waals surface area (Å²) in [5, 5.41) is 9.93. The van der Waals surface area contributed by atoms with Crippen molar-refractivity contribution in [1.82, 2.24) is 4.90 Å². The fraction of sp³-hybridized carbons (Fsp3) is 0.333. The van der Waals surface area contributed by atoms with Crippen molar-refractivity contribution in [3.05, 3.63) is 45.6 Å². The molecular weight excluding hydrogens is 360 g/mol. The highest BCUT2D eigenvalue weighted by Gasteiger charge is 2.23. The fourth-order valence-electron chi connectivity index (χ4n) is 2.89. The Labute approximate surface area is 155 Å². The van der Waals surface area contributed by atoms with Crippen LogP contribution in [0.5, 0.6) is 5.75 Å². The Balaban J connectivity index is 1.48. The average Bonchev–Trinajstić information content (AvgIpc) is 3.06. The number of piperazine rings is 1. The van der Waals surface area contributed by atoms with Crippen LogP contribution in [0, 0.1) is 0 Å². The van der Waals surface area contributed by atoms with Crippen LogP contribution in [0.15, 0.2) is 36.4 Å². The molecule has 7 heteroatoms. The summed E-state index contributed by atoms with van der Waals surface area (Å²) in [5.41, 5.74) is 0.791. The van der Waals surface area contributed by atoms with Crippen LogP contribution in [0.25, 0.3) is 0 Å². The van der Waals surface area contributed by atoms with E-state index in [0.717, 1.165) is 5.69 Å². The maximum Gasteiger partial charge on any atom is 0.223 e. The van der Waals surface area contributed by atoms with E-state index >= 15 is 0 Å². The number of carbonyl (C=O) groups is 2. The van der Waals surface area contributed by atoms with Gasteiger partial charge in [-0.2, -0.15) is 0 Å². The molecule has 2 heterocycles. The maximum absolute atomic E-state index is 12.3. The molecule has 1 aliphatic heterocycles. The van der Waals surface area contributed by atoms with E-state index < -0.39 is 0 Å². The zero-order chi connectivity index (χ0) is 17.8. The first-order valence-corrected chi connectivity index (χ1v) is 9.33. The molecule has 0 aliphatic carbocycles. The number of rotatable bonds is 5. The molecule has 1 saturated heterocycles. The third kappa shape index (κ3) is 4.32. The molecule has 1 aliphatic rings. The number of benzene rings is 1. The van der Waals surface area contributed by atoms with Crippen LogP contribution in [0.1, 0.15) is 22.5 Å². The Morgan fingerprint density at radius 3 is 2.40 bits per heavy atom. The summed E-state index contributed by atoms with van der Waals surface area (Å²) in [6.45, 7) is 2.51. The van der Waals surface area contributed by atoms with E-state index in [1.165, 1.54) is 11.3 Å². The zero-order valence-electron chi connectivity index (χ0n) is 13.7. The molecule has 5 nitrogen and oxygen atoms in total. The number of phenols is 1. The summed E-state index contributed by atoms with van der Waals surface area (Å²) in [5.74, 6) is 0.202. The van der Waals surface area contributed by atoms with Crippen molar-refractivity contribution >= 4 is 40.3 Å². The Bertz CT molecular complexity index is 769. The summed E-state index contributed by atoms with van der Waals surface area (Å²) >= 11 is 7.08. The summed E-state index contributed by atoms with van der Waals surface area (Å²) in [6, 6.07) is 10.6. The minimum absolute atomic E-state index is 0.00654. The van der Waals surface area contributed by atoms with Gasteiger partial charge in [0.25, 0.3) is 0 Å². The summed E-state index contributed by atoms with van der Waals surface area (Å²) in [6.07, 6.45) is 0.417. The Kier molecular flexibility index (Phi) is 5.60. The lowest BCUT2D eigenvalue weighted by molar-refractivity contribution is -0.131. The number of nitrogens with zero attached hydrogens (tertiary/aromatic N) is 2. The number of aromatic hydroxyl groups is 1. The standard InChI is InChI=1S/C18H19ClN2O3S/c19-17-7-6-16(25-17)15(23)5-8-18(24)21-11-9-20(10-12-21)13-3-1-2-4-14(13)22/h1-4,6-7,22H,5,8-12H2. The Morgan fingerprint density at radius 2 is 1.76 bits per heavy atom. The van der Waals surface area contributed by atoms with Crippen LogP contribution in [0.4, 0.5) is 5.69 Å². The van der Waals surface area contributed by atoms with Gasteiger partial charge in [-0.15, -0.1) is 11.3 Å². The molecule has 1 aromatic heterocycles. The van der Waals surface area contributed by atoms with Gasteiger partial charge in [0.05, 0.1) is 14.9 Å². The Morgan fingerprint density at radius 1 is 1.04 bits per heavy atom. The molecule has 0 radical (unpaired) electrons. The van der Waals surface area contributed by atoms with E-state index in [-0.39, 0.29) is 30.3 Å². The van der Waals surface area contributed by atoms with Gasteiger partial charge in [-0.25, -0.2) is 0 Å². The smallest absolute Gasteiger partial charge is 0.223 e. The molecule has 1 fully saturated rings. The van der Waals surface area contributed by atoms with Crippen LogP contribution in [-0.4, -0.2) is 47.9 Å². The van der Waals surface area contributed by atoms with Crippen LogP contribution >= 0.6 is 22.9 Å². The van der Waals surface area contributed by atoms with Gasteiger partial charge in [0.2, 0.25) is 5.91 Å². The van der Waals surface area contributed by atoms with Crippen LogP contribution < -0.4 is 4.90 Å². The number of halogens is 1. The lowest BCUT2D eigenvalue weighted by Gasteiger charge is -2.36. The van der Waals surface area contributed by atoms with Gasteiger partial charge in [0.1, 0.15) is 5.75 Å². The lowest BCUT2D eigenvalue weighted by Crippen LogP contribution is -2.48. The van der Waals surface area contributed by atoms with Gasteiger partial charge in [0, 0.05) is 39.0 Å². The van der Waals surface area contributed by atoms with Crippen molar-refractivity contribution < 1.29 is 14.7 Å². The Hall–Kier alpha value is -2.05. The predicted octanol–water partition coefficient (Wildman–Crippen LogP) is 3.42. The van der Waals surface area contributed by atoms with Crippen LogP contribution in [0.2, 0.25) is 4.34 Å². The van der Waals surface area contributed by atoms with E-state index in [4.69, 9.17) is 11.6 Å². The molecule has 1 amide bonds. The number of ketones is 1. The molecule has 3 rings (SSSR count). The number of amides is 1. The minimum atomic E-state index is -0.0434. The molecule has 1 N–H and O–H groups in total. The molecule has 0 unspecified atom stereocenters. The first-order valence-electron chi connectivity index (χ1n) is 8.14. The van der Waals surface area contributed by atoms with Crippen molar-refractivity contribution in [3.8, 4) is 5.75 Å². The molecular formula is C18H19ClN2O3S. The number of phenolic OH excluding ortho intramolecular Hbond substituents is 1. The number of para-hydroxylation sites is 2. The molecule has 25 heavy (non-hydrogen) atoms. The third-order valence-corrected chi connectivity index (χ3v) is 5.54. The second-order valence-electron chi connectivity index (χ2n) is 5.88. The van der Waals surface area contributed by atoms with E-state index in [9.17, 15) is 14.7 Å². The number of hydrogen-bond donors (Lipinski definition) is 1. The molecule has 1 aromatic carbocycles. The van der Waals surface area contributed by atoms with Crippen LogP contribution in [0.3, 0.4) is 0 Å². The minimum Gasteiger partial charge on any atom is -0.506 e. The maximum atomic E-state index is 12.3. The van der Waals surface area contributed by atoms with Crippen molar-refractivity contribution in [3.63, 3.8) is 0 Å². The van der Waals surface area contributed by atoms with Crippen molar-refractivity contribution in [2.45, 2.75) is 12.8 Å². The highest BCUT2D eigenvalue weighted by Crippen LogP contribution is 2.27. The topological polar surface area (TPSA) is 60.9 Å². The number of thiophene rings is 1. The molecule has 0 bridgehead atoms. The van der Waals surface area contributed by atoms with E-state index in [2.05, 4.69) is 4.90 Å². The van der Waals surface area contributed by atoms with Gasteiger partial charge >= 0.3 is 0 Å².